The highest BCUT2D eigenvalue weighted by Gasteiger charge is 2.57. The van der Waals surface area contributed by atoms with E-state index in [0.717, 1.165) is 6.92 Å². The summed E-state index contributed by atoms with van der Waals surface area (Å²) in [6, 6.07) is 0. The van der Waals surface area contributed by atoms with Gasteiger partial charge in [0.05, 0.1) is 13.6 Å². The van der Waals surface area contributed by atoms with Crippen LogP contribution in [0.1, 0.15) is 6.92 Å². The molecule has 22 heavy (non-hydrogen) atoms. The smallest absolute Gasteiger partial charge is 0.219 e. The summed E-state index contributed by atoms with van der Waals surface area (Å²) in [4.78, 5) is 0. The first-order valence-corrected chi connectivity index (χ1v) is 8.27. The number of rotatable bonds is 3. The molecule has 6 nitrogen and oxygen atoms in total. The summed E-state index contributed by atoms with van der Waals surface area (Å²) in [5.41, 5.74) is -11.6. The first-order chi connectivity index (χ1) is 9.59. The Balaban J connectivity index is 3.83. The lowest BCUT2D eigenvalue weighted by Crippen LogP contribution is -2.44. The molecule has 0 saturated carbocycles. The van der Waals surface area contributed by atoms with Crippen LogP contribution in [0.2, 0.25) is 0 Å². The van der Waals surface area contributed by atoms with Crippen LogP contribution in [0, 0.1) is 0 Å². The Morgan fingerprint density at radius 2 is 1.41 bits per heavy atom. The van der Waals surface area contributed by atoms with Gasteiger partial charge in [-0.2, -0.15) is 26.3 Å². The van der Waals surface area contributed by atoms with Crippen molar-refractivity contribution in [3.63, 3.8) is 0 Å². The van der Waals surface area contributed by atoms with Crippen LogP contribution in [0.5, 0.6) is 0 Å². The monoisotopic (exact) mass is 375 g/mol. The number of hydrogen-bond donors (Lipinski definition) is 0. The number of halogens is 6. The van der Waals surface area contributed by atoms with E-state index in [9.17, 15) is 43.2 Å². The third kappa shape index (κ3) is 2.68. The lowest BCUT2D eigenvalue weighted by atomic mass is 10.7. The molecule has 1 rings (SSSR count). The molecule has 0 atom stereocenters. The quantitative estimate of drug-likeness (QED) is 0.582. The molecule has 0 amide bonds. The van der Waals surface area contributed by atoms with Gasteiger partial charge in [0.1, 0.15) is 0 Å². The first kappa shape index (κ1) is 18.7. The molecule has 0 spiro atoms. The van der Waals surface area contributed by atoms with E-state index in [1.807, 2.05) is 0 Å². The Morgan fingerprint density at radius 3 is 1.73 bits per heavy atom. The molecule has 0 N–H and O–H groups in total. The number of aryl methyl sites for hydroxylation is 1. The molecule has 0 aromatic carbocycles. The minimum Gasteiger partial charge on any atom is -0.219 e. The summed E-state index contributed by atoms with van der Waals surface area (Å²) in [6.45, 7) is 0.644. The van der Waals surface area contributed by atoms with Crippen molar-refractivity contribution in [2.75, 3.05) is 0 Å². The molecule has 0 aliphatic heterocycles. The summed E-state index contributed by atoms with van der Waals surface area (Å²) >= 11 is 0. The van der Waals surface area contributed by atoms with Crippen LogP contribution in [-0.4, -0.2) is 32.4 Å². The predicted octanol–water partition coefficient (Wildman–Crippen LogP) is 0.920. The molecule has 0 fully saturated rings. The molecule has 0 unspecified atom stereocenters. The van der Waals surface area contributed by atoms with Crippen molar-refractivity contribution >= 4 is 19.7 Å². The molecule has 0 bridgehead atoms. The van der Waals surface area contributed by atoms with Crippen LogP contribution < -0.4 is 4.57 Å². The van der Waals surface area contributed by atoms with Gasteiger partial charge in [0.25, 0.3) is 5.03 Å². The zero-order valence-electron chi connectivity index (χ0n) is 10.9. The van der Waals surface area contributed by atoms with Crippen LogP contribution in [-0.2, 0) is 33.3 Å². The van der Waals surface area contributed by atoms with Gasteiger partial charge in [0.15, 0.2) is 6.20 Å². The number of hydrogen-bond acceptors (Lipinski definition) is 4. The van der Waals surface area contributed by atoms with E-state index in [4.69, 9.17) is 0 Å². The molecule has 128 valence electrons. The third-order valence-electron chi connectivity index (χ3n) is 2.60. The third-order valence-corrected chi connectivity index (χ3v) is 5.73. The van der Waals surface area contributed by atoms with Crippen LogP contribution in [0.3, 0.4) is 0 Å². The van der Waals surface area contributed by atoms with Gasteiger partial charge >= 0.3 is 35.8 Å². The Labute approximate surface area is 120 Å². The average Bonchev–Trinajstić information content (AvgIpc) is 2.64. The number of imidazole rings is 1. The maximum Gasteiger partial charge on any atom is 0.509 e. The first-order valence-electron chi connectivity index (χ1n) is 5.31. The summed E-state index contributed by atoms with van der Waals surface area (Å²) in [6.07, 6.45) is 0.196. The van der Waals surface area contributed by atoms with E-state index in [0.29, 0.717) is 7.05 Å². The van der Waals surface area contributed by atoms with Crippen LogP contribution in [0.15, 0.2) is 16.4 Å². The fraction of sp³-hybridized carbons (Fsp3) is 0.625. The van der Waals surface area contributed by atoms with Gasteiger partial charge in [-0.05, 0) is 6.92 Å². The highest BCUT2D eigenvalue weighted by Crippen LogP contribution is 2.32. The number of alkyl halides is 6. The number of sulfone groups is 2. The molecule has 0 aliphatic carbocycles. The highest BCUT2D eigenvalue weighted by molar-refractivity contribution is 7.92. The molecule has 1 aromatic heterocycles. The van der Waals surface area contributed by atoms with E-state index < -0.39 is 47.4 Å². The lowest BCUT2D eigenvalue weighted by molar-refractivity contribution is -0.746. The van der Waals surface area contributed by atoms with Gasteiger partial charge in [-0.3, -0.25) is 0 Å². The van der Waals surface area contributed by atoms with Crippen molar-refractivity contribution in [2.24, 2.45) is 7.05 Å². The molecular weight excluding hydrogens is 366 g/mol. The fourth-order valence-corrected chi connectivity index (χ4v) is 3.76. The summed E-state index contributed by atoms with van der Waals surface area (Å²) in [7, 11) is -11.6. The Hall–Kier alpha value is -1.31. The topological polar surface area (TPSA) is 77.1 Å². The molecule has 1 aromatic rings. The van der Waals surface area contributed by atoms with Gasteiger partial charge in [0.2, 0.25) is 0 Å². The summed E-state index contributed by atoms with van der Waals surface area (Å²) in [5, 5.41) is -3.21. The van der Waals surface area contributed by atoms with Gasteiger partial charge in [-0.25, -0.2) is 26.0 Å². The van der Waals surface area contributed by atoms with Crippen molar-refractivity contribution in [1.29, 1.82) is 0 Å². The zero-order chi connectivity index (χ0) is 17.7. The largest absolute Gasteiger partial charge is 0.509 e. The van der Waals surface area contributed by atoms with E-state index in [1.54, 1.807) is 0 Å². The van der Waals surface area contributed by atoms with E-state index in [1.165, 1.54) is 0 Å². The standard InChI is InChI=1S/C8H9F6N2O4S2/c1-3-16-4-5(21(17,18)7(9,10)11)15(2)6(16)22(19,20)8(12,13)14/h4H,3H2,1-2H3/q+1. The maximum atomic E-state index is 12.6. The van der Waals surface area contributed by atoms with Crippen LogP contribution >= 0.6 is 0 Å². The van der Waals surface area contributed by atoms with Gasteiger partial charge in [-0.1, -0.05) is 0 Å². The van der Waals surface area contributed by atoms with Crippen molar-refractivity contribution < 1.29 is 47.7 Å². The van der Waals surface area contributed by atoms with E-state index in [-0.39, 0.29) is 15.3 Å². The summed E-state index contributed by atoms with van der Waals surface area (Å²) < 4.78 is 121. The fourth-order valence-electron chi connectivity index (χ4n) is 1.59. The SMILES string of the molecule is CCn1cc(S(=O)(=O)C(F)(F)F)[n+](C)c1S(=O)(=O)C(F)(F)F. The second-order valence-corrected chi connectivity index (χ2v) is 7.72. The second kappa shape index (κ2) is 5.11. The second-order valence-electron chi connectivity index (χ2n) is 3.99. The molecule has 1 heterocycles. The molecular formula is C8H9F6N2O4S2+. The number of nitrogens with zero attached hydrogens (tertiary/aromatic N) is 2. The van der Waals surface area contributed by atoms with E-state index in [2.05, 4.69) is 0 Å². The number of aromatic nitrogens is 2. The predicted molar refractivity (Wildman–Crippen MR) is 57.8 cm³/mol. The van der Waals surface area contributed by atoms with Crippen LogP contribution in [0.4, 0.5) is 26.3 Å². The van der Waals surface area contributed by atoms with Crippen molar-refractivity contribution in [3.8, 4) is 0 Å². The molecule has 0 radical (unpaired) electrons. The molecule has 0 aliphatic rings. The average molecular weight is 375 g/mol. The van der Waals surface area contributed by atoms with Crippen LogP contribution in [0.25, 0.3) is 0 Å². The zero-order valence-corrected chi connectivity index (χ0v) is 12.5. The Kier molecular flexibility index (Phi) is 4.35. The normalized spacial score (nSPS) is 14.4. The minimum absolute atomic E-state index is 0.158. The van der Waals surface area contributed by atoms with Gasteiger partial charge < -0.3 is 0 Å². The Bertz CT molecular complexity index is 788. The molecule has 0 saturated heterocycles. The van der Waals surface area contributed by atoms with Crippen molar-refractivity contribution in [1.82, 2.24) is 4.57 Å². The van der Waals surface area contributed by atoms with Gasteiger partial charge in [-0.15, -0.1) is 0 Å². The van der Waals surface area contributed by atoms with Crippen molar-refractivity contribution in [3.05, 3.63) is 6.20 Å². The lowest BCUT2D eigenvalue weighted by Gasteiger charge is -2.07. The maximum absolute atomic E-state index is 12.6. The van der Waals surface area contributed by atoms with Gasteiger partial charge in [0, 0.05) is 0 Å². The highest BCUT2D eigenvalue weighted by atomic mass is 32.2. The minimum atomic E-state index is -6.04. The Morgan fingerprint density at radius 1 is 1.00 bits per heavy atom. The molecule has 14 heteroatoms. The summed E-state index contributed by atoms with van der Waals surface area (Å²) in [5.74, 6) is 0. The van der Waals surface area contributed by atoms with E-state index >= 15 is 0 Å². The van der Waals surface area contributed by atoms with Crippen molar-refractivity contribution in [2.45, 2.75) is 34.7 Å².